The first-order chi connectivity index (χ1) is 14.2. The summed E-state index contributed by atoms with van der Waals surface area (Å²) in [6, 6.07) is 18.6. The second-order valence-corrected chi connectivity index (χ2v) is 9.42. The van der Waals surface area contributed by atoms with Crippen molar-refractivity contribution >= 4 is 38.9 Å². The third-order valence-electron chi connectivity index (χ3n) is 4.73. The summed E-state index contributed by atoms with van der Waals surface area (Å²) in [5, 5.41) is 3.26. The zero-order chi connectivity index (χ0) is 21.9. The van der Waals surface area contributed by atoms with Crippen LogP contribution in [-0.2, 0) is 14.8 Å². The molecule has 0 fully saturated rings. The van der Waals surface area contributed by atoms with Crippen molar-refractivity contribution in [1.29, 1.82) is 0 Å². The molecule has 0 aromatic heterocycles. The number of nitrogens with zero attached hydrogens (tertiary/aromatic N) is 1. The number of amides is 1. The number of anilines is 2. The molecule has 0 heterocycles. The zero-order valence-electron chi connectivity index (χ0n) is 17.0. The van der Waals surface area contributed by atoms with Gasteiger partial charge in [0.25, 0.3) is 10.0 Å². The van der Waals surface area contributed by atoms with Gasteiger partial charge in [0.2, 0.25) is 5.91 Å². The third kappa shape index (κ3) is 4.83. The number of carbonyl (C=O) groups is 1. The van der Waals surface area contributed by atoms with E-state index in [4.69, 9.17) is 11.6 Å². The van der Waals surface area contributed by atoms with Crippen molar-refractivity contribution in [1.82, 2.24) is 0 Å². The summed E-state index contributed by atoms with van der Waals surface area (Å²) >= 11 is 5.91. The van der Waals surface area contributed by atoms with E-state index < -0.39 is 15.9 Å². The lowest BCUT2D eigenvalue weighted by Crippen LogP contribution is -2.38. The Morgan fingerprint density at radius 3 is 2.23 bits per heavy atom. The average molecular weight is 443 g/mol. The Morgan fingerprint density at radius 2 is 1.60 bits per heavy atom. The highest BCUT2D eigenvalue weighted by atomic mass is 35.5. The Kier molecular flexibility index (Phi) is 6.48. The van der Waals surface area contributed by atoms with Crippen molar-refractivity contribution < 1.29 is 13.2 Å². The number of carbonyl (C=O) groups excluding carboxylic acids is 1. The molecule has 0 saturated heterocycles. The molecule has 0 radical (unpaired) electrons. The number of aryl methyl sites for hydroxylation is 3. The van der Waals surface area contributed by atoms with E-state index >= 15 is 0 Å². The van der Waals surface area contributed by atoms with E-state index in [-0.39, 0.29) is 11.4 Å². The van der Waals surface area contributed by atoms with Crippen LogP contribution >= 0.6 is 11.6 Å². The molecule has 0 atom stereocenters. The Morgan fingerprint density at radius 1 is 0.933 bits per heavy atom. The zero-order valence-corrected chi connectivity index (χ0v) is 18.6. The van der Waals surface area contributed by atoms with E-state index in [9.17, 15) is 13.2 Å². The summed E-state index contributed by atoms with van der Waals surface area (Å²) < 4.78 is 27.9. The molecule has 156 valence electrons. The van der Waals surface area contributed by atoms with Crippen LogP contribution in [0.2, 0.25) is 5.02 Å². The van der Waals surface area contributed by atoms with Crippen LogP contribution in [0.4, 0.5) is 11.4 Å². The summed E-state index contributed by atoms with van der Waals surface area (Å²) in [7, 11) is -3.98. The molecule has 0 saturated carbocycles. The molecule has 1 N–H and O–H groups in total. The predicted octanol–water partition coefficient (Wildman–Crippen LogP) is 5.10. The lowest BCUT2D eigenvalue weighted by atomic mass is 10.1. The SMILES string of the molecule is Cc1ccc(NC(=O)CN(c2ccccc2C)S(=O)(=O)c2ccc(Cl)cc2)c(C)c1. The molecular formula is C23H23ClN2O3S. The molecule has 0 aliphatic rings. The van der Waals surface area contributed by atoms with E-state index in [1.807, 2.05) is 51.1 Å². The van der Waals surface area contributed by atoms with Gasteiger partial charge in [0.15, 0.2) is 0 Å². The lowest BCUT2D eigenvalue weighted by Gasteiger charge is -2.25. The van der Waals surface area contributed by atoms with E-state index in [0.29, 0.717) is 16.4 Å². The molecule has 0 bridgehead atoms. The Hall–Kier alpha value is -2.83. The van der Waals surface area contributed by atoms with Crippen molar-refractivity contribution in [2.24, 2.45) is 0 Å². The fraction of sp³-hybridized carbons (Fsp3) is 0.174. The van der Waals surface area contributed by atoms with Gasteiger partial charge in [0.05, 0.1) is 10.6 Å². The first kappa shape index (κ1) is 21.9. The number of rotatable bonds is 6. The summed E-state index contributed by atoms with van der Waals surface area (Å²) in [5.74, 6) is -0.428. The van der Waals surface area contributed by atoms with Gasteiger partial charge in [-0.1, -0.05) is 47.5 Å². The van der Waals surface area contributed by atoms with Gasteiger partial charge in [0, 0.05) is 10.7 Å². The monoisotopic (exact) mass is 442 g/mol. The fourth-order valence-corrected chi connectivity index (χ4v) is 4.76. The van der Waals surface area contributed by atoms with Crippen LogP contribution in [0.15, 0.2) is 71.6 Å². The van der Waals surface area contributed by atoms with E-state index in [2.05, 4.69) is 5.32 Å². The van der Waals surface area contributed by atoms with E-state index in [1.165, 1.54) is 24.3 Å². The van der Waals surface area contributed by atoms with E-state index in [0.717, 1.165) is 21.0 Å². The van der Waals surface area contributed by atoms with Gasteiger partial charge in [-0.25, -0.2) is 8.42 Å². The van der Waals surface area contributed by atoms with Gasteiger partial charge in [-0.15, -0.1) is 0 Å². The molecule has 7 heteroatoms. The highest BCUT2D eigenvalue weighted by Crippen LogP contribution is 2.27. The largest absolute Gasteiger partial charge is 0.324 e. The van der Waals surface area contributed by atoms with Gasteiger partial charge in [-0.2, -0.15) is 0 Å². The average Bonchev–Trinajstić information content (AvgIpc) is 2.69. The van der Waals surface area contributed by atoms with E-state index in [1.54, 1.807) is 12.1 Å². The lowest BCUT2D eigenvalue weighted by molar-refractivity contribution is -0.114. The second-order valence-electron chi connectivity index (χ2n) is 7.12. The molecule has 3 rings (SSSR count). The molecular weight excluding hydrogens is 420 g/mol. The van der Waals surface area contributed by atoms with Crippen molar-refractivity contribution in [3.63, 3.8) is 0 Å². The normalized spacial score (nSPS) is 11.2. The number of para-hydroxylation sites is 1. The minimum absolute atomic E-state index is 0.0643. The Bertz CT molecular complexity index is 1180. The van der Waals surface area contributed by atoms with Gasteiger partial charge in [0.1, 0.15) is 6.54 Å². The van der Waals surface area contributed by atoms with Crippen molar-refractivity contribution in [3.05, 3.63) is 88.4 Å². The summed E-state index contributed by atoms with van der Waals surface area (Å²) in [6.45, 7) is 5.31. The number of hydrogen-bond donors (Lipinski definition) is 1. The van der Waals surface area contributed by atoms with Gasteiger partial charge < -0.3 is 5.32 Å². The topological polar surface area (TPSA) is 66.5 Å². The van der Waals surface area contributed by atoms with Crippen LogP contribution in [0.5, 0.6) is 0 Å². The van der Waals surface area contributed by atoms with Crippen LogP contribution in [0, 0.1) is 20.8 Å². The fourth-order valence-electron chi connectivity index (χ4n) is 3.15. The van der Waals surface area contributed by atoms with Crippen molar-refractivity contribution in [2.75, 3.05) is 16.2 Å². The maximum atomic E-state index is 13.4. The standard InChI is InChI=1S/C23H23ClN2O3S/c1-16-8-13-21(18(3)14-16)25-23(27)15-26(22-7-5-4-6-17(22)2)30(28,29)20-11-9-19(24)10-12-20/h4-14H,15H2,1-3H3,(H,25,27). The first-order valence-electron chi connectivity index (χ1n) is 9.39. The molecule has 5 nitrogen and oxygen atoms in total. The van der Waals surface area contributed by atoms with Crippen LogP contribution in [0.3, 0.4) is 0 Å². The summed E-state index contributed by atoms with van der Waals surface area (Å²) in [5.41, 5.74) is 3.83. The highest BCUT2D eigenvalue weighted by molar-refractivity contribution is 7.92. The predicted molar refractivity (Wildman–Crippen MR) is 122 cm³/mol. The Balaban J connectivity index is 1.97. The number of benzene rings is 3. The maximum Gasteiger partial charge on any atom is 0.264 e. The minimum Gasteiger partial charge on any atom is -0.324 e. The van der Waals surface area contributed by atoms with Crippen LogP contribution in [0.1, 0.15) is 16.7 Å². The maximum absolute atomic E-state index is 13.4. The molecule has 0 unspecified atom stereocenters. The number of halogens is 1. The molecule has 1 amide bonds. The number of nitrogens with one attached hydrogen (secondary N) is 1. The van der Waals surface area contributed by atoms with Crippen LogP contribution < -0.4 is 9.62 Å². The van der Waals surface area contributed by atoms with Gasteiger partial charge in [-0.05, 0) is 68.3 Å². The smallest absolute Gasteiger partial charge is 0.264 e. The van der Waals surface area contributed by atoms with Crippen molar-refractivity contribution in [2.45, 2.75) is 25.7 Å². The van der Waals surface area contributed by atoms with Crippen LogP contribution in [0.25, 0.3) is 0 Å². The molecule has 30 heavy (non-hydrogen) atoms. The summed E-state index contributed by atoms with van der Waals surface area (Å²) in [6.07, 6.45) is 0. The van der Waals surface area contributed by atoms with Crippen molar-refractivity contribution in [3.8, 4) is 0 Å². The molecule has 0 aliphatic heterocycles. The molecule has 0 aliphatic carbocycles. The first-order valence-corrected chi connectivity index (χ1v) is 11.2. The van der Waals surface area contributed by atoms with Gasteiger partial charge >= 0.3 is 0 Å². The highest BCUT2D eigenvalue weighted by Gasteiger charge is 2.28. The molecule has 0 spiro atoms. The quantitative estimate of drug-likeness (QED) is 0.577. The van der Waals surface area contributed by atoms with Crippen LogP contribution in [-0.4, -0.2) is 20.9 Å². The third-order valence-corrected chi connectivity index (χ3v) is 6.75. The molecule has 3 aromatic carbocycles. The summed E-state index contributed by atoms with van der Waals surface area (Å²) in [4.78, 5) is 12.9. The van der Waals surface area contributed by atoms with Gasteiger partial charge in [-0.3, -0.25) is 9.10 Å². The number of hydrogen-bond acceptors (Lipinski definition) is 3. The Labute approximate surface area is 182 Å². The number of sulfonamides is 1. The minimum atomic E-state index is -3.98. The second kappa shape index (κ2) is 8.90. The molecule has 3 aromatic rings.